The van der Waals surface area contributed by atoms with Crippen molar-refractivity contribution in [1.82, 2.24) is 9.29 Å². The first-order chi connectivity index (χ1) is 18.3. The highest BCUT2D eigenvalue weighted by Gasteiger charge is 2.35. The second-order valence-electron chi connectivity index (χ2n) is 8.97. The van der Waals surface area contributed by atoms with Crippen molar-refractivity contribution in [2.24, 2.45) is 0 Å². The molecule has 2 aromatic heterocycles. The summed E-state index contributed by atoms with van der Waals surface area (Å²) in [7, 11) is -3.95. The van der Waals surface area contributed by atoms with E-state index in [0.717, 1.165) is 20.4 Å². The third-order valence-corrected chi connectivity index (χ3v) is 9.23. The molecule has 0 bridgehead atoms. The van der Waals surface area contributed by atoms with Crippen LogP contribution in [0, 0.1) is 6.92 Å². The topological polar surface area (TPSA) is 122 Å². The number of nitrogens with one attached hydrogen (secondary N) is 1. The maximum atomic E-state index is 13.4. The Kier molecular flexibility index (Phi) is 7.50. The molecule has 1 atom stereocenters. The molecule has 5 rings (SSSR count). The van der Waals surface area contributed by atoms with E-state index < -0.39 is 27.9 Å². The minimum atomic E-state index is -3.95. The summed E-state index contributed by atoms with van der Waals surface area (Å²) >= 11 is 1.55. The van der Waals surface area contributed by atoms with Crippen LogP contribution in [-0.4, -0.2) is 40.7 Å². The molecule has 0 saturated carbocycles. The van der Waals surface area contributed by atoms with Gasteiger partial charge in [0.2, 0.25) is 15.9 Å². The van der Waals surface area contributed by atoms with E-state index in [9.17, 15) is 18.3 Å². The normalized spacial score (nSPS) is 15.2. The number of anilines is 1. The Hall–Kier alpha value is -3.67. The number of hydrogen-bond acceptors (Lipinski definition) is 8. The minimum absolute atomic E-state index is 0.0681. The van der Waals surface area contributed by atoms with Gasteiger partial charge in [-0.05, 0) is 60.5 Å². The molecule has 38 heavy (non-hydrogen) atoms. The fourth-order valence-corrected chi connectivity index (χ4v) is 6.64. The van der Waals surface area contributed by atoms with Gasteiger partial charge < -0.3 is 19.6 Å². The average molecular weight is 554 g/mol. The lowest BCUT2D eigenvalue weighted by molar-refractivity contribution is -0.137. The van der Waals surface area contributed by atoms with Crippen LogP contribution < -0.4 is 10.1 Å². The number of carboxylic acids is 1. The predicted octanol–water partition coefficient (Wildman–Crippen LogP) is 4.89. The number of carboxylic acid groups (broad SMARTS) is 1. The molecule has 1 aliphatic rings. The maximum absolute atomic E-state index is 13.4. The molecule has 198 valence electrons. The van der Waals surface area contributed by atoms with Gasteiger partial charge in [-0.2, -0.15) is 4.31 Å². The highest BCUT2D eigenvalue weighted by Crippen LogP contribution is 2.29. The van der Waals surface area contributed by atoms with Crippen LogP contribution in [0.4, 0.5) is 5.69 Å². The fourth-order valence-electron chi connectivity index (χ4n) is 4.32. The van der Waals surface area contributed by atoms with Gasteiger partial charge in [-0.15, -0.1) is 11.3 Å². The first kappa shape index (κ1) is 26.0. The molecule has 0 fully saturated rings. The summed E-state index contributed by atoms with van der Waals surface area (Å²) in [6.07, 6.45) is 0.956. The summed E-state index contributed by atoms with van der Waals surface area (Å²) in [4.78, 5) is 17.0. The second-order valence-corrected chi connectivity index (χ2v) is 12.0. The molecule has 1 aliphatic heterocycles. The number of fused-ring (bicyclic) bond motifs is 1. The van der Waals surface area contributed by atoms with Crippen molar-refractivity contribution in [2.75, 3.05) is 11.9 Å². The van der Waals surface area contributed by atoms with Crippen LogP contribution in [0.3, 0.4) is 0 Å². The highest BCUT2D eigenvalue weighted by atomic mass is 32.2. The van der Waals surface area contributed by atoms with Crippen molar-refractivity contribution in [1.29, 1.82) is 0 Å². The Morgan fingerprint density at radius 1 is 1.18 bits per heavy atom. The second kappa shape index (κ2) is 11.0. The van der Waals surface area contributed by atoms with E-state index in [0.29, 0.717) is 41.5 Å². The molecule has 0 saturated heterocycles. The number of aromatic nitrogens is 1. The van der Waals surface area contributed by atoms with Gasteiger partial charge in [-0.3, -0.25) is 4.79 Å². The van der Waals surface area contributed by atoms with Crippen LogP contribution in [0.2, 0.25) is 0 Å². The number of carbonyl (C=O) groups is 1. The standard InChI is InChI=1S/C27H27N3O6S2/c1-18-23(29-27(36-18)24-7-4-14-37-24)17-35-21-11-8-19(9-12-21)15-30(16-26(31)32)38(33,34)25-13-10-20-5-2-3-6-22(20)28-25/h2-9,11-12,14,25,28H,10,13,15-17H2,1H3,(H,31,32). The first-order valence-corrected chi connectivity index (χ1v) is 14.4. The lowest BCUT2D eigenvalue weighted by Crippen LogP contribution is -2.45. The van der Waals surface area contributed by atoms with E-state index in [1.807, 2.05) is 48.7 Å². The van der Waals surface area contributed by atoms with E-state index >= 15 is 0 Å². The summed E-state index contributed by atoms with van der Waals surface area (Å²) in [5.41, 5.74) is 3.14. The highest BCUT2D eigenvalue weighted by molar-refractivity contribution is 7.89. The number of aryl methyl sites for hydroxylation is 2. The molecule has 11 heteroatoms. The Bertz CT molecular complexity index is 1510. The van der Waals surface area contributed by atoms with Crippen molar-refractivity contribution in [3.63, 3.8) is 0 Å². The Balaban J connectivity index is 1.25. The van der Waals surface area contributed by atoms with E-state index in [4.69, 9.17) is 9.15 Å². The van der Waals surface area contributed by atoms with E-state index in [2.05, 4.69) is 10.3 Å². The van der Waals surface area contributed by atoms with Gasteiger partial charge in [0.05, 0.1) is 4.88 Å². The van der Waals surface area contributed by atoms with Gasteiger partial charge in [0.1, 0.15) is 35.7 Å². The van der Waals surface area contributed by atoms with Gasteiger partial charge in [-0.25, -0.2) is 13.4 Å². The first-order valence-electron chi connectivity index (χ1n) is 12.1. The lowest BCUT2D eigenvalue weighted by Gasteiger charge is -2.31. The van der Waals surface area contributed by atoms with Gasteiger partial charge in [-0.1, -0.05) is 36.4 Å². The SMILES string of the molecule is Cc1oc(-c2cccs2)nc1COc1ccc(CN(CC(=O)O)S(=O)(=O)C2CCc3ccccc3N2)cc1. The van der Waals surface area contributed by atoms with Crippen LogP contribution in [-0.2, 0) is 34.4 Å². The quantitative estimate of drug-likeness (QED) is 0.285. The van der Waals surface area contributed by atoms with E-state index in [1.54, 1.807) is 35.6 Å². The monoisotopic (exact) mass is 553 g/mol. The molecular weight excluding hydrogens is 526 g/mol. The van der Waals surface area contributed by atoms with Crippen molar-refractivity contribution < 1.29 is 27.5 Å². The number of nitrogens with zero attached hydrogens (tertiary/aromatic N) is 2. The molecule has 2 N–H and O–H groups in total. The summed E-state index contributed by atoms with van der Waals surface area (Å²) in [5.74, 6) is 0.599. The van der Waals surface area contributed by atoms with Crippen LogP contribution in [0.15, 0.2) is 70.5 Å². The Morgan fingerprint density at radius 2 is 1.97 bits per heavy atom. The van der Waals surface area contributed by atoms with Gasteiger partial charge in [0.25, 0.3) is 0 Å². The van der Waals surface area contributed by atoms with Crippen molar-refractivity contribution in [3.8, 4) is 16.5 Å². The molecule has 1 unspecified atom stereocenters. The molecule has 4 aromatic rings. The summed E-state index contributed by atoms with van der Waals surface area (Å²) in [5, 5.41) is 13.6. The third kappa shape index (κ3) is 5.74. The Labute approximate surface area is 224 Å². The van der Waals surface area contributed by atoms with Crippen LogP contribution in [0.5, 0.6) is 5.75 Å². The third-order valence-electron chi connectivity index (χ3n) is 6.32. The summed E-state index contributed by atoms with van der Waals surface area (Å²) < 4.78 is 39.5. The number of rotatable bonds is 10. The zero-order valence-corrected chi connectivity index (χ0v) is 22.3. The number of hydrogen-bond donors (Lipinski definition) is 2. The fraction of sp³-hybridized carbons (Fsp3) is 0.259. The van der Waals surface area contributed by atoms with Crippen molar-refractivity contribution >= 4 is 33.0 Å². The number of benzene rings is 2. The molecular formula is C27H27N3O6S2. The number of oxazole rings is 1. The van der Waals surface area contributed by atoms with Crippen LogP contribution in [0.25, 0.3) is 10.8 Å². The predicted molar refractivity (Wildman–Crippen MR) is 144 cm³/mol. The number of para-hydroxylation sites is 1. The smallest absolute Gasteiger partial charge is 0.318 e. The summed E-state index contributed by atoms with van der Waals surface area (Å²) in [6.45, 7) is 1.36. The van der Waals surface area contributed by atoms with Crippen LogP contribution >= 0.6 is 11.3 Å². The van der Waals surface area contributed by atoms with E-state index in [1.165, 1.54) is 0 Å². The van der Waals surface area contributed by atoms with Gasteiger partial charge >= 0.3 is 5.97 Å². The Morgan fingerprint density at radius 3 is 2.71 bits per heavy atom. The molecule has 9 nitrogen and oxygen atoms in total. The van der Waals surface area contributed by atoms with Crippen LogP contribution in [0.1, 0.15) is 29.0 Å². The van der Waals surface area contributed by atoms with Gasteiger partial charge in [0.15, 0.2) is 0 Å². The number of sulfonamides is 1. The molecule has 3 heterocycles. The zero-order valence-electron chi connectivity index (χ0n) is 20.7. The van der Waals surface area contributed by atoms with Crippen molar-refractivity contribution in [2.45, 2.75) is 38.3 Å². The molecule has 0 radical (unpaired) electrons. The number of ether oxygens (including phenoxy) is 1. The lowest BCUT2D eigenvalue weighted by atomic mass is 10.0. The number of aliphatic carboxylic acids is 1. The zero-order chi connectivity index (χ0) is 26.7. The number of thiophene rings is 1. The summed E-state index contributed by atoms with van der Waals surface area (Å²) in [6, 6.07) is 18.3. The van der Waals surface area contributed by atoms with Crippen molar-refractivity contribution in [3.05, 3.63) is 88.6 Å². The van der Waals surface area contributed by atoms with E-state index in [-0.39, 0.29) is 13.2 Å². The van der Waals surface area contributed by atoms with Gasteiger partial charge in [0, 0.05) is 12.2 Å². The molecule has 0 spiro atoms. The minimum Gasteiger partial charge on any atom is -0.487 e. The molecule has 2 aromatic carbocycles. The maximum Gasteiger partial charge on any atom is 0.318 e. The molecule has 0 amide bonds. The molecule has 0 aliphatic carbocycles. The largest absolute Gasteiger partial charge is 0.487 e. The average Bonchev–Trinajstić information content (AvgIpc) is 3.57.